The molecule has 1 saturated heterocycles. The van der Waals surface area contributed by atoms with Crippen molar-refractivity contribution in [3.8, 4) is 0 Å². The minimum absolute atomic E-state index is 0.0418. The fourth-order valence-corrected chi connectivity index (χ4v) is 8.32. The molecule has 9 atom stereocenters. The van der Waals surface area contributed by atoms with Gasteiger partial charge in [-0.05, 0) is 38.5 Å². The van der Waals surface area contributed by atoms with E-state index in [0.717, 1.165) is 35.4 Å². The van der Waals surface area contributed by atoms with E-state index >= 15 is 0 Å². The van der Waals surface area contributed by atoms with Crippen molar-refractivity contribution in [1.29, 1.82) is 0 Å². The Labute approximate surface area is 403 Å². The van der Waals surface area contributed by atoms with Crippen LogP contribution in [-0.4, -0.2) is 183 Å². The maximum absolute atomic E-state index is 13.9. The summed E-state index contributed by atoms with van der Waals surface area (Å²) in [5.74, 6) is -14.7. The van der Waals surface area contributed by atoms with Gasteiger partial charge in [0.1, 0.15) is 48.3 Å². The third-order valence-electron chi connectivity index (χ3n) is 9.44. The Hall–Kier alpha value is -6.47. The van der Waals surface area contributed by atoms with Crippen LogP contribution in [0.5, 0.6) is 0 Å². The molecule has 0 radical (unpaired) electrons. The number of primary amides is 1. The van der Waals surface area contributed by atoms with E-state index in [4.69, 9.17) is 22.3 Å². The minimum Gasteiger partial charge on any atom is -0.481 e. The van der Waals surface area contributed by atoms with E-state index in [2.05, 4.69) is 52.8 Å². The average molecular weight is 1020 g/mol. The van der Waals surface area contributed by atoms with Crippen molar-refractivity contribution in [2.24, 2.45) is 28.1 Å². The molecule has 69 heavy (non-hydrogen) atoms. The first-order valence-corrected chi connectivity index (χ1v) is 23.7. The topological polar surface area (TPSA) is 484 Å². The van der Waals surface area contributed by atoms with Gasteiger partial charge in [0.2, 0.25) is 59.1 Å². The lowest BCUT2D eigenvalue weighted by Crippen LogP contribution is -2.62. The zero-order chi connectivity index (χ0) is 52.5. The zero-order valence-electron chi connectivity index (χ0n) is 38.2. The molecule has 1 aliphatic rings. The quantitative estimate of drug-likeness (QED) is 0.0247. The van der Waals surface area contributed by atoms with E-state index in [-0.39, 0.29) is 55.6 Å². The largest absolute Gasteiger partial charge is 0.481 e. The Morgan fingerprint density at radius 1 is 0.754 bits per heavy atom. The summed E-state index contributed by atoms with van der Waals surface area (Å²) in [7, 11) is 1.78. The molecule has 0 aliphatic carbocycles. The number of aliphatic imine (C=N–C) groups is 1. The molecule has 0 spiro atoms. The molecule has 0 unspecified atom stereocenters. The fraction of sp³-hybridized carbons (Fsp3) is 0.658. The van der Waals surface area contributed by atoms with Crippen LogP contribution >= 0.6 is 21.6 Å². The van der Waals surface area contributed by atoms with Crippen LogP contribution in [0.15, 0.2) is 4.99 Å². The lowest BCUT2D eigenvalue weighted by molar-refractivity contribution is -0.142. The summed E-state index contributed by atoms with van der Waals surface area (Å²) < 4.78 is 0. The third kappa shape index (κ3) is 23.9. The number of hydrogen-bond donors (Lipinski definition) is 16. The molecule has 1 aliphatic heterocycles. The van der Waals surface area contributed by atoms with E-state index in [1.165, 1.54) is 0 Å². The Kier molecular flexibility index (Phi) is 27.0. The minimum atomic E-state index is -2.01. The Balaban J connectivity index is 3.81. The van der Waals surface area contributed by atoms with E-state index < -0.39 is 151 Å². The van der Waals surface area contributed by atoms with Gasteiger partial charge >= 0.3 is 11.9 Å². The molecule has 1 fully saturated rings. The summed E-state index contributed by atoms with van der Waals surface area (Å²) in [4.78, 5) is 159. The van der Waals surface area contributed by atoms with E-state index in [9.17, 15) is 72.9 Å². The van der Waals surface area contributed by atoms with Crippen LogP contribution in [0.2, 0.25) is 0 Å². The Morgan fingerprint density at radius 3 is 1.87 bits per heavy atom. The number of aliphatic hydroxyl groups excluding tert-OH is 2. The lowest BCUT2D eigenvalue weighted by Gasteiger charge is -2.28. The average Bonchev–Trinajstić information content (AvgIpc) is 3.24. The first kappa shape index (κ1) is 60.5. The molecule has 10 amide bonds. The highest BCUT2D eigenvalue weighted by molar-refractivity contribution is 8.76. The number of carboxylic acids is 2. The molecule has 0 aromatic carbocycles. The number of carbonyl (C=O) groups is 12. The maximum atomic E-state index is 13.9. The van der Waals surface area contributed by atoms with Crippen LogP contribution in [0, 0.1) is 5.92 Å². The predicted octanol–water partition coefficient (Wildman–Crippen LogP) is -7.31. The van der Waals surface area contributed by atoms with Gasteiger partial charge in [-0.15, -0.1) is 0 Å². The Bertz CT molecular complexity index is 1910. The normalized spacial score (nSPS) is 23.4. The van der Waals surface area contributed by atoms with Crippen LogP contribution in [0.3, 0.4) is 0 Å². The number of nitrogens with one attached hydrogen (secondary N) is 9. The van der Waals surface area contributed by atoms with Crippen LogP contribution in [0.1, 0.15) is 66.2 Å². The number of amides is 10. The zero-order valence-corrected chi connectivity index (χ0v) is 39.9. The summed E-state index contributed by atoms with van der Waals surface area (Å²) in [5, 5.41) is 60.0. The van der Waals surface area contributed by atoms with Gasteiger partial charge in [0, 0.05) is 31.4 Å². The summed E-state index contributed by atoms with van der Waals surface area (Å²) in [6.45, 7) is 3.53. The second-order valence-electron chi connectivity index (χ2n) is 15.9. The maximum Gasteiger partial charge on any atom is 0.305 e. The van der Waals surface area contributed by atoms with Crippen molar-refractivity contribution in [2.45, 2.75) is 121 Å². The molecule has 29 nitrogen and oxygen atoms in total. The molecule has 19 N–H and O–H groups in total. The summed E-state index contributed by atoms with van der Waals surface area (Å²) in [5.41, 5.74) is 16.1. The molecular weight excluding hydrogens is 959 g/mol. The SMILES string of the molecule is CC(=O)N[C@H]1CSSC[C@@H](C(=O)NCC(=O)N[C@@H](CCC(=O)O)C(N)=O)NC(=O)[C@H](CC(C)C)NC(=O)[C@H]([C@@H](C)O)NC(=O)[C@H](CC(=O)O)NC(=O)[C@H](CO)NC(=O)[C@H](CCCN=C(N)N)NC1=O. The number of carboxylic acid groups (broad SMARTS) is 2. The van der Waals surface area contributed by atoms with Gasteiger partial charge < -0.3 is 85.5 Å². The smallest absolute Gasteiger partial charge is 0.305 e. The number of nitrogens with zero attached hydrogens (tertiary/aromatic N) is 1. The summed E-state index contributed by atoms with van der Waals surface area (Å²) in [6, 6.07) is -13.2. The molecule has 0 aromatic rings. The van der Waals surface area contributed by atoms with Gasteiger partial charge in [-0.2, -0.15) is 0 Å². The molecule has 0 bridgehead atoms. The number of carbonyl (C=O) groups excluding carboxylic acids is 10. The van der Waals surface area contributed by atoms with Crippen LogP contribution in [0.25, 0.3) is 0 Å². The molecule has 1 rings (SSSR count). The third-order valence-corrected chi connectivity index (χ3v) is 11.9. The standard InChI is InChI=1S/C38H63N13O16S2/c1-16(2)10-21-33(63)50-24(31(61)43-12-26(55)45-19(30(39)60)7-8-27(56)57)14-68-69-15-25(44-18(4)54)36(66)46-20(6-5-9-42-38(40)41)32(62)49-23(13-52)35(65)47-22(11-28(58)59)34(64)51-29(17(3)53)37(67)48-21/h16-17,19-25,29,52-53H,5-15H2,1-4H3,(H2,39,60)(H,43,61)(H,44,54)(H,45,55)(H,46,66)(H,47,65)(H,48,67)(H,49,62)(H,50,63)(H,51,64)(H,56,57)(H,58,59)(H4,40,41,42)/t17-,19+,20+,21+,22+,23+,24+,25+,29+/m1/s1. The number of guanidine groups is 1. The van der Waals surface area contributed by atoms with Crippen molar-refractivity contribution in [3.05, 3.63) is 0 Å². The van der Waals surface area contributed by atoms with Crippen molar-refractivity contribution in [1.82, 2.24) is 47.9 Å². The molecule has 388 valence electrons. The second-order valence-corrected chi connectivity index (χ2v) is 18.4. The molecule has 0 aromatic heterocycles. The molecular formula is C38H63N13O16S2. The first-order chi connectivity index (χ1) is 32.2. The number of hydrogen-bond acceptors (Lipinski definition) is 17. The monoisotopic (exact) mass is 1020 g/mol. The molecule has 0 saturated carbocycles. The first-order valence-electron chi connectivity index (χ1n) is 21.2. The predicted molar refractivity (Wildman–Crippen MR) is 245 cm³/mol. The highest BCUT2D eigenvalue weighted by Crippen LogP contribution is 2.24. The molecule has 1 heterocycles. The highest BCUT2D eigenvalue weighted by Gasteiger charge is 2.36. The number of rotatable bonds is 19. The highest BCUT2D eigenvalue weighted by atomic mass is 33.1. The van der Waals surface area contributed by atoms with E-state index in [1.807, 2.05) is 0 Å². The van der Waals surface area contributed by atoms with E-state index in [1.54, 1.807) is 13.8 Å². The van der Waals surface area contributed by atoms with Gasteiger partial charge in [-0.1, -0.05) is 35.4 Å². The van der Waals surface area contributed by atoms with Gasteiger partial charge in [0.15, 0.2) is 5.96 Å². The van der Waals surface area contributed by atoms with Gasteiger partial charge in [0.25, 0.3) is 0 Å². The fourth-order valence-electron chi connectivity index (χ4n) is 6.00. The van der Waals surface area contributed by atoms with Gasteiger partial charge in [0.05, 0.1) is 25.7 Å². The van der Waals surface area contributed by atoms with Crippen molar-refractivity contribution < 1.29 is 78.0 Å². The number of nitrogens with two attached hydrogens (primary N) is 3. The number of aliphatic carboxylic acids is 2. The second kappa shape index (κ2) is 30.8. The Morgan fingerprint density at radius 2 is 1.32 bits per heavy atom. The molecule has 31 heteroatoms. The van der Waals surface area contributed by atoms with Gasteiger partial charge in [-0.3, -0.25) is 62.5 Å². The van der Waals surface area contributed by atoms with E-state index in [0.29, 0.717) is 0 Å². The van der Waals surface area contributed by atoms with Crippen LogP contribution in [0.4, 0.5) is 0 Å². The number of aliphatic hydroxyl groups is 2. The van der Waals surface area contributed by atoms with Crippen LogP contribution < -0.4 is 65.1 Å². The van der Waals surface area contributed by atoms with Gasteiger partial charge in [-0.25, -0.2) is 0 Å². The van der Waals surface area contributed by atoms with Crippen LogP contribution in [-0.2, 0) is 57.5 Å². The van der Waals surface area contributed by atoms with Crippen molar-refractivity contribution in [3.63, 3.8) is 0 Å². The summed E-state index contributed by atoms with van der Waals surface area (Å²) >= 11 is 0. The lowest BCUT2D eigenvalue weighted by atomic mass is 10.0. The van der Waals surface area contributed by atoms with Crippen molar-refractivity contribution in [2.75, 3.05) is 31.2 Å². The summed E-state index contributed by atoms with van der Waals surface area (Å²) in [6.07, 6.45) is -4.02. The van der Waals surface area contributed by atoms with Crippen molar-refractivity contribution >= 4 is 98.6 Å².